The summed E-state index contributed by atoms with van der Waals surface area (Å²) in [7, 11) is 0. The van der Waals surface area contributed by atoms with Gasteiger partial charge in [0.05, 0.1) is 0 Å². The predicted octanol–water partition coefficient (Wildman–Crippen LogP) is 3.37. The lowest BCUT2D eigenvalue weighted by Gasteiger charge is -2.17. The molecule has 2 aromatic rings. The Morgan fingerprint density at radius 1 is 1.46 bits per heavy atom. The second kappa shape index (κ2) is 6.86. The maximum atomic E-state index is 12.4. The third-order valence-electron chi connectivity index (χ3n) is 3.95. The van der Waals surface area contributed by atoms with Crippen molar-refractivity contribution in [2.45, 2.75) is 32.6 Å². The molecule has 8 heteroatoms. The van der Waals surface area contributed by atoms with Crippen LogP contribution in [0.15, 0.2) is 18.2 Å². The van der Waals surface area contributed by atoms with Crippen molar-refractivity contribution in [2.24, 2.45) is 0 Å². The first-order chi connectivity index (χ1) is 11.5. The van der Waals surface area contributed by atoms with Crippen LogP contribution in [0.1, 0.15) is 36.3 Å². The fourth-order valence-corrected chi connectivity index (χ4v) is 3.56. The van der Waals surface area contributed by atoms with Gasteiger partial charge in [-0.1, -0.05) is 35.9 Å². The van der Waals surface area contributed by atoms with Crippen LogP contribution in [0.2, 0.25) is 5.02 Å². The van der Waals surface area contributed by atoms with Crippen LogP contribution in [0.25, 0.3) is 0 Å². The molecule has 0 saturated carbocycles. The van der Waals surface area contributed by atoms with Gasteiger partial charge in [-0.25, -0.2) is 0 Å². The van der Waals surface area contributed by atoms with E-state index in [2.05, 4.69) is 15.5 Å². The third kappa shape index (κ3) is 3.42. The summed E-state index contributed by atoms with van der Waals surface area (Å²) in [6.45, 7) is 4.24. The van der Waals surface area contributed by atoms with E-state index in [0.29, 0.717) is 29.5 Å². The van der Waals surface area contributed by atoms with Gasteiger partial charge in [0, 0.05) is 36.0 Å². The first-order valence-electron chi connectivity index (χ1n) is 7.67. The Morgan fingerprint density at radius 3 is 2.96 bits per heavy atom. The molecule has 1 saturated heterocycles. The van der Waals surface area contributed by atoms with Gasteiger partial charge in [0.2, 0.25) is 16.9 Å². The van der Waals surface area contributed by atoms with Gasteiger partial charge in [-0.05, 0) is 24.6 Å². The van der Waals surface area contributed by atoms with Crippen LogP contribution in [0.5, 0.6) is 0 Å². The standard InChI is InChI=1S/C16H17ClN4O2S/c1-3-13(22)18-16-20-19-15(24-16)10-6-14(23)21(8-10)11-5-4-9(2)12(17)7-11/h4-5,7,10H,3,6,8H2,1-2H3,(H,18,20,22)/t10-/m0/s1. The molecule has 126 valence electrons. The maximum absolute atomic E-state index is 12.4. The molecule has 0 bridgehead atoms. The molecular formula is C16H17ClN4O2S. The Hall–Kier alpha value is -1.99. The summed E-state index contributed by atoms with van der Waals surface area (Å²) in [6, 6.07) is 5.61. The van der Waals surface area contributed by atoms with Gasteiger partial charge >= 0.3 is 0 Å². The molecule has 1 aliphatic heterocycles. The van der Waals surface area contributed by atoms with Crippen molar-refractivity contribution in [2.75, 3.05) is 16.8 Å². The Labute approximate surface area is 148 Å². The highest BCUT2D eigenvalue weighted by atomic mass is 35.5. The molecule has 24 heavy (non-hydrogen) atoms. The highest BCUT2D eigenvalue weighted by Crippen LogP contribution is 2.35. The van der Waals surface area contributed by atoms with Crippen molar-refractivity contribution in [3.8, 4) is 0 Å². The van der Waals surface area contributed by atoms with Crippen LogP contribution in [-0.2, 0) is 9.59 Å². The molecule has 1 N–H and O–H groups in total. The number of rotatable bonds is 4. The number of halogens is 1. The van der Waals surface area contributed by atoms with Crippen molar-refractivity contribution in [3.05, 3.63) is 33.8 Å². The lowest BCUT2D eigenvalue weighted by Crippen LogP contribution is -2.24. The zero-order valence-electron chi connectivity index (χ0n) is 13.4. The van der Waals surface area contributed by atoms with E-state index in [-0.39, 0.29) is 17.7 Å². The fourth-order valence-electron chi connectivity index (χ4n) is 2.53. The van der Waals surface area contributed by atoms with E-state index in [1.807, 2.05) is 25.1 Å². The van der Waals surface area contributed by atoms with Gasteiger partial charge in [0.1, 0.15) is 5.01 Å². The summed E-state index contributed by atoms with van der Waals surface area (Å²) in [6.07, 6.45) is 0.765. The lowest BCUT2D eigenvalue weighted by atomic mass is 10.1. The summed E-state index contributed by atoms with van der Waals surface area (Å²) >= 11 is 7.48. The van der Waals surface area contributed by atoms with Crippen LogP contribution in [0.4, 0.5) is 10.8 Å². The number of carbonyl (C=O) groups is 2. The van der Waals surface area contributed by atoms with Crippen molar-refractivity contribution in [3.63, 3.8) is 0 Å². The Morgan fingerprint density at radius 2 is 2.25 bits per heavy atom. The first-order valence-corrected chi connectivity index (χ1v) is 8.87. The molecule has 1 atom stereocenters. The Bertz CT molecular complexity index is 792. The number of hydrogen-bond donors (Lipinski definition) is 1. The van der Waals surface area contributed by atoms with Gasteiger partial charge < -0.3 is 10.2 Å². The summed E-state index contributed by atoms with van der Waals surface area (Å²) in [4.78, 5) is 25.5. The zero-order chi connectivity index (χ0) is 17.3. The van der Waals surface area contributed by atoms with E-state index >= 15 is 0 Å². The molecule has 0 spiro atoms. The predicted molar refractivity (Wildman–Crippen MR) is 94.7 cm³/mol. The van der Waals surface area contributed by atoms with Crippen molar-refractivity contribution in [1.29, 1.82) is 0 Å². The second-order valence-corrected chi connectivity index (χ2v) is 7.10. The topological polar surface area (TPSA) is 75.2 Å². The highest BCUT2D eigenvalue weighted by Gasteiger charge is 2.34. The van der Waals surface area contributed by atoms with Gasteiger partial charge in [0.25, 0.3) is 0 Å². The summed E-state index contributed by atoms with van der Waals surface area (Å²) < 4.78 is 0. The quantitative estimate of drug-likeness (QED) is 0.902. The van der Waals surface area contributed by atoms with Crippen LogP contribution in [0, 0.1) is 6.92 Å². The highest BCUT2D eigenvalue weighted by molar-refractivity contribution is 7.15. The van der Waals surface area contributed by atoms with Crippen LogP contribution in [0.3, 0.4) is 0 Å². The SMILES string of the molecule is CCC(=O)Nc1nnc([C@H]2CC(=O)N(c3ccc(C)c(Cl)c3)C2)s1. The molecule has 0 unspecified atom stereocenters. The van der Waals surface area contributed by atoms with E-state index in [1.54, 1.807) is 11.8 Å². The summed E-state index contributed by atoms with van der Waals surface area (Å²) in [5.74, 6) is -0.0901. The number of aromatic nitrogens is 2. The molecule has 0 radical (unpaired) electrons. The molecule has 1 fully saturated rings. The molecule has 2 heterocycles. The number of nitrogens with one attached hydrogen (secondary N) is 1. The Balaban J connectivity index is 1.74. The molecule has 6 nitrogen and oxygen atoms in total. The summed E-state index contributed by atoms with van der Waals surface area (Å²) in [5.41, 5.74) is 1.77. The smallest absolute Gasteiger partial charge is 0.227 e. The van der Waals surface area contributed by atoms with Crippen molar-refractivity contribution >= 4 is 45.6 Å². The first kappa shape index (κ1) is 16.9. The number of amides is 2. The maximum Gasteiger partial charge on any atom is 0.227 e. The van der Waals surface area contributed by atoms with Gasteiger partial charge in [0.15, 0.2) is 0 Å². The Kier molecular flexibility index (Phi) is 4.82. The average molecular weight is 365 g/mol. The van der Waals surface area contributed by atoms with Crippen LogP contribution in [-0.4, -0.2) is 28.6 Å². The average Bonchev–Trinajstić information content (AvgIpc) is 3.16. The third-order valence-corrected chi connectivity index (χ3v) is 5.36. The van der Waals surface area contributed by atoms with E-state index < -0.39 is 0 Å². The van der Waals surface area contributed by atoms with Gasteiger partial charge in [-0.15, -0.1) is 10.2 Å². The van der Waals surface area contributed by atoms with Crippen molar-refractivity contribution in [1.82, 2.24) is 10.2 Å². The molecule has 1 aromatic carbocycles. The van der Waals surface area contributed by atoms with Gasteiger partial charge in [-0.2, -0.15) is 0 Å². The molecular weight excluding hydrogens is 348 g/mol. The molecule has 0 aliphatic carbocycles. The molecule has 3 rings (SSSR count). The largest absolute Gasteiger partial charge is 0.312 e. The van der Waals surface area contributed by atoms with E-state index in [1.165, 1.54) is 11.3 Å². The number of hydrogen-bond acceptors (Lipinski definition) is 5. The van der Waals surface area contributed by atoms with Crippen LogP contribution < -0.4 is 10.2 Å². The molecule has 2 amide bonds. The monoisotopic (exact) mass is 364 g/mol. The van der Waals surface area contributed by atoms with E-state index in [9.17, 15) is 9.59 Å². The second-order valence-electron chi connectivity index (χ2n) is 5.69. The minimum absolute atomic E-state index is 0.0256. The minimum Gasteiger partial charge on any atom is -0.312 e. The normalized spacial score (nSPS) is 17.4. The number of carbonyl (C=O) groups excluding carboxylic acids is 2. The number of anilines is 2. The lowest BCUT2D eigenvalue weighted by molar-refractivity contribution is -0.117. The van der Waals surface area contributed by atoms with E-state index in [0.717, 1.165) is 16.3 Å². The van der Waals surface area contributed by atoms with Crippen LogP contribution >= 0.6 is 22.9 Å². The van der Waals surface area contributed by atoms with E-state index in [4.69, 9.17) is 11.6 Å². The number of benzene rings is 1. The number of nitrogens with zero attached hydrogens (tertiary/aromatic N) is 3. The number of aryl methyl sites for hydroxylation is 1. The fraction of sp³-hybridized carbons (Fsp3) is 0.375. The zero-order valence-corrected chi connectivity index (χ0v) is 14.9. The van der Waals surface area contributed by atoms with Gasteiger partial charge in [-0.3, -0.25) is 9.59 Å². The molecule has 1 aliphatic rings. The van der Waals surface area contributed by atoms with Crippen molar-refractivity contribution < 1.29 is 9.59 Å². The summed E-state index contributed by atoms with van der Waals surface area (Å²) in [5, 5.41) is 12.7. The molecule has 1 aromatic heterocycles. The minimum atomic E-state index is -0.101.